The van der Waals surface area contributed by atoms with Gasteiger partial charge in [-0.15, -0.1) is 0 Å². The van der Waals surface area contributed by atoms with Crippen LogP contribution in [-0.4, -0.2) is 28.0 Å². The van der Waals surface area contributed by atoms with Crippen molar-refractivity contribution < 1.29 is 17.9 Å². The third-order valence-electron chi connectivity index (χ3n) is 3.78. The second kappa shape index (κ2) is 8.64. The molecule has 26 heavy (non-hydrogen) atoms. The van der Waals surface area contributed by atoms with E-state index < -0.39 is 16.1 Å². The monoisotopic (exact) mass is 396 g/mol. The van der Waals surface area contributed by atoms with Crippen molar-refractivity contribution in [3.63, 3.8) is 0 Å². The molecule has 0 bridgehead atoms. The van der Waals surface area contributed by atoms with E-state index in [1.165, 1.54) is 20.1 Å². The Hall–Kier alpha value is -1.93. The summed E-state index contributed by atoms with van der Waals surface area (Å²) >= 11 is 6.16. The highest BCUT2D eigenvalue weighted by Gasteiger charge is 2.21. The molecule has 8 heteroatoms. The zero-order valence-electron chi connectivity index (χ0n) is 14.7. The number of sulfonamides is 1. The first-order valence-electron chi connectivity index (χ1n) is 7.89. The van der Waals surface area contributed by atoms with Gasteiger partial charge >= 0.3 is 0 Å². The molecule has 1 atom stereocenters. The van der Waals surface area contributed by atoms with Crippen LogP contribution in [0.3, 0.4) is 0 Å². The van der Waals surface area contributed by atoms with Gasteiger partial charge in [0.25, 0.3) is 0 Å². The van der Waals surface area contributed by atoms with Crippen LogP contribution < -0.4 is 10.0 Å². The molecule has 0 aliphatic carbocycles. The number of anilines is 1. The van der Waals surface area contributed by atoms with Gasteiger partial charge in [-0.1, -0.05) is 29.8 Å². The average molecular weight is 397 g/mol. The number of aryl methyl sites for hydroxylation is 1. The quantitative estimate of drug-likeness (QED) is 0.752. The van der Waals surface area contributed by atoms with E-state index in [0.717, 1.165) is 0 Å². The first-order valence-corrected chi connectivity index (χ1v) is 9.76. The summed E-state index contributed by atoms with van der Waals surface area (Å²) in [5.41, 5.74) is 1.77. The maximum Gasteiger partial charge on any atom is 0.240 e. The van der Waals surface area contributed by atoms with Crippen molar-refractivity contribution >= 4 is 33.2 Å². The first-order chi connectivity index (χ1) is 12.2. The number of carbonyl (C=O) groups excluding carboxylic acids is 1. The fraction of sp³-hybridized carbons (Fsp3) is 0.278. The molecule has 140 valence electrons. The van der Waals surface area contributed by atoms with Crippen LogP contribution in [-0.2, 0) is 19.6 Å². The van der Waals surface area contributed by atoms with E-state index in [1.807, 2.05) is 6.07 Å². The lowest BCUT2D eigenvalue weighted by Crippen LogP contribution is -2.30. The Morgan fingerprint density at radius 2 is 1.92 bits per heavy atom. The molecule has 6 nitrogen and oxygen atoms in total. The van der Waals surface area contributed by atoms with Gasteiger partial charge in [0.05, 0.1) is 11.0 Å². The normalized spacial score (nSPS) is 12.6. The summed E-state index contributed by atoms with van der Waals surface area (Å²) < 4.78 is 33.2. The lowest BCUT2D eigenvalue weighted by atomic mass is 10.1. The minimum absolute atomic E-state index is 0.0372. The molecule has 0 saturated carbocycles. The van der Waals surface area contributed by atoms with Crippen LogP contribution in [0.5, 0.6) is 0 Å². The van der Waals surface area contributed by atoms with Crippen molar-refractivity contribution in [2.45, 2.75) is 24.8 Å². The lowest BCUT2D eigenvalue weighted by Gasteiger charge is -2.18. The molecule has 0 radical (unpaired) electrons. The molecule has 0 aliphatic heterocycles. The Labute approximate surface area is 158 Å². The minimum Gasteiger partial charge on any atom is -0.375 e. The molecule has 2 aromatic carbocycles. The summed E-state index contributed by atoms with van der Waals surface area (Å²) in [6.07, 6.45) is -0.516. The van der Waals surface area contributed by atoms with Crippen molar-refractivity contribution in [3.05, 3.63) is 58.6 Å². The Balaban J connectivity index is 2.18. The second-order valence-corrected chi connectivity index (χ2v) is 7.90. The Morgan fingerprint density at radius 3 is 2.50 bits per heavy atom. The lowest BCUT2D eigenvalue weighted by molar-refractivity contribution is -0.114. The van der Waals surface area contributed by atoms with Gasteiger partial charge in [0.2, 0.25) is 15.9 Å². The predicted molar refractivity (Wildman–Crippen MR) is 102 cm³/mol. The van der Waals surface area contributed by atoms with Crippen molar-refractivity contribution in [3.8, 4) is 0 Å². The van der Waals surface area contributed by atoms with E-state index in [1.54, 1.807) is 37.3 Å². The Bertz CT molecular complexity index is 900. The largest absolute Gasteiger partial charge is 0.375 e. The van der Waals surface area contributed by atoms with Crippen LogP contribution >= 0.6 is 11.6 Å². The van der Waals surface area contributed by atoms with Gasteiger partial charge in [0, 0.05) is 36.9 Å². The molecule has 0 saturated heterocycles. The van der Waals surface area contributed by atoms with Crippen LogP contribution in [0.15, 0.2) is 47.4 Å². The molecule has 0 unspecified atom stereocenters. The fourth-order valence-corrected chi connectivity index (χ4v) is 4.07. The first kappa shape index (κ1) is 20.4. The number of ether oxygens (including phenoxy) is 1. The summed E-state index contributed by atoms with van der Waals surface area (Å²) in [6, 6.07) is 11.7. The van der Waals surface area contributed by atoms with E-state index in [9.17, 15) is 13.2 Å². The number of benzene rings is 2. The van der Waals surface area contributed by atoms with Crippen molar-refractivity contribution in [2.75, 3.05) is 19.0 Å². The number of hydrogen-bond donors (Lipinski definition) is 2. The van der Waals surface area contributed by atoms with Crippen molar-refractivity contribution in [1.29, 1.82) is 0 Å². The number of carbonyl (C=O) groups is 1. The summed E-state index contributed by atoms with van der Waals surface area (Å²) in [5.74, 6) is -0.221. The predicted octanol–water partition coefficient (Wildman–Crippen LogP) is 3.27. The Kier molecular flexibility index (Phi) is 6.77. The number of rotatable bonds is 7. The maximum absolute atomic E-state index is 12.6. The zero-order valence-corrected chi connectivity index (χ0v) is 16.3. The molecule has 2 rings (SSSR count). The Morgan fingerprint density at radius 1 is 1.23 bits per heavy atom. The number of halogens is 1. The SMILES string of the molecule is CO[C@@H](CNS(=O)(=O)c1ccc(NC(C)=O)cc1C)c1ccccc1Cl. The molecule has 0 spiro atoms. The van der Waals surface area contributed by atoms with Crippen LogP contribution in [0.1, 0.15) is 24.2 Å². The van der Waals surface area contributed by atoms with E-state index in [4.69, 9.17) is 16.3 Å². The summed E-state index contributed by atoms with van der Waals surface area (Å²) in [4.78, 5) is 11.3. The van der Waals surface area contributed by atoms with E-state index in [-0.39, 0.29) is 17.3 Å². The van der Waals surface area contributed by atoms with Gasteiger partial charge in [-0.2, -0.15) is 0 Å². The molecule has 2 N–H and O–H groups in total. The number of hydrogen-bond acceptors (Lipinski definition) is 4. The number of nitrogens with one attached hydrogen (secondary N) is 2. The number of methoxy groups -OCH3 is 1. The van der Waals surface area contributed by atoms with Crippen LogP contribution in [0.2, 0.25) is 5.02 Å². The van der Waals surface area contributed by atoms with E-state index >= 15 is 0 Å². The highest BCUT2D eigenvalue weighted by Crippen LogP contribution is 2.25. The summed E-state index contributed by atoms with van der Waals surface area (Å²) in [6.45, 7) is 3.10. The average Bonchev–Trinajstić information content (AvgIpc) is 2.56. The molecule has 0 aliphatic rings. The standard InChI is InChI=1S/C18H21ClN2O4S/c1-12-10-14(21-13(2)22)8-9-18(12)26(23,24)20-11-17(25-3)15-6-4-5-7-16(15)19/h4-10,17,20H,11H2,1-3H3,(H,21,22)/t17-/m0/s1. The highest BCUT2D eigenvalue weighted by molar-refractivity contribution is 7.89. The molecule has 0 aromatic heterocycles. The third kappa shape index (κ3) is 5.04. The molecule has 2 aromatic rings. The second-order valence-electron chi connectivity index (χ2n) is 5.76. The summed E-state index contributed by atoms with van der Waals surface area (Å²) in [7, 11) is -2.25. The molecule has 0 heterocycles. The van der Waals surface area contributed by atoms with E-state index in [0.29, 0.717) is 21.8 Å². The van der Waals surface area contributed by atoms with Gasteiger partial charge < -0.3 is 10.1 Å². The van der Waals surface area contributed by atoms with Gasteiger partial charge in [-0.05, 0) is 36.8 Å². The topological polar surface area (TPSA) is 84.5 Å². The van der Waals surface area contributed by atoms with Gasteiger partial charge in [-0.25, -0.2) is 13.1 Å². The van der Waals surface area contributed by atoms with E-state index in [2.05, 4.69) is 10.0 Å². The molecular formula is C18H21ClN2O4S. The molecular weight excluding hydrogens is 376 g/mol. The van der Waals surface area contributed by atoms with Crippen molar-refractivity contribution in [1.82, 2.24) is 4.72 Å². The van der Waals surface area contributed by atoms with Gasteiger partial charge in [0.15, 0.2) is 0 Å². The molecule has 1 amide bonds. The maximum atomic E-state index is 12.6. The van der Waals surface area contributed by atoms with Crippen molar-refractivity contribution in [2.24, 2.45) is 0 Å². The minimum atomic E-state index is -3.75. The van der Waals surface area contributed by atoms with Crippen LogP contribution in [0.25, 0.3) is 0 Å². The van der Waals surface area contributed by atoms with Crippen LogP contribution in [0, 0.1) is 6.92 Å². The van der Waals surface area contributed by atoms with Gasteiger partial charge in [-0.3, -0.25) is 4.79 Å². The van der Waals surface area contributed by atoms with Gasteiger partial charge in [0.1, 0.15) is 0 Å². The highest BCUT2D eigenvalue weighted by atomic mass is 35.5. The molecule has 0 fully saturated rings. The zero-order chi connectivity index (χ0) is 19.3. The number of amides is 1. The smallest absolute Gasteiger partial charge is 0.240 e. The fourth-order valence-electron chi connectivity index (χ4n) is 2.55. The third-order valence-corrected chi connectivity index (χ3v) is 5.71. The summed E-state index contributed by atoms with van der Waals surface area (Å²) in [5, 5.41) is 3.13. The van der Waals surface area contributed by atoms with Crippen LogP contribution in [0.4, 0.5) is 5.69 Å².